The number of rotatable bonds is 3. The van der Waals surface area contributed by atoms with Crippen LogP contribution in [0.5, 0.6) is 0 Å². The van der Waals surface area contributed by atoms with Gasteiger partial charge in [0, 0.05) is 31.0 Å². The number of urea groups is 1. The van der Waals surface area contributed by atoms with Gasteiger partial charge in [0.2, 0.25) is 5.89 Å². The third-order valence-electron chi connectivity index (χ3n) is 4.18. The zero-order chi connectivity index (χ0) is 15.7. The number of piperidine rings is 1. The smallest absolute Gasteiger partial charge is 0.317 e. The Morgan fingerprint density at radius 2 is 2.14 bits per heavy atom. The molecule has 3 rings (SSSR count). The molecule has 0 radical (unpaired) electrons. The lowest BCUT2D eigenvalue weighted by Crippen LogP contribution is -2.51. The number of likely N-dealkylation sites (tertiary alicyclic amines) is 1. The zero-order valence-electron chi connectivity index (χ0n) is 13.8. The van der Waals surface area contributed by atoms with Gasteiger partial charge in [0.05, 0.1) is 0 Å². The van der Waals surface area contributed by atoms with Crippen molar-refractivity contribution >= 4 is 6.03 Å². The number of aromatic nitrogens is 2. The summed E-state index contributed by atoms with van der Waals surface area (Å²) in [6.45, 7) is 7.61. The van der Waals surface area contributed by atoms with Gasteiger partial charge in [-0.25, -0.2) is 4.79 Å². The first-order valence-corrected chi connectivity index (χ1v) is 8.30. The van der Waals surface area contributed by atoms with Gasteiger partial charge in [-0.2, -0.15) is 4.98 Å². The predicted octanol–water partition coefficient (Wildman–Crippen LogP) is 2.71. The lowest BCUT2D eigenvalue weighted by atomic mass is 9.95. The summed E-state index contributed by atoms with van der Waals surface area (Å²) in [4.78, 5) is 18.7. The zero-order valence-corrected chi connectivity index (χ0v) is 13.8. The minimum Gasteiger partial charge on any atom is -0.339 e. The van der Waals surface area contributed by atoms with Crippen LogP contribution in [0.25, 0.3) is 0 Å². The molecule has 6 heteroatoms. The highest BCUT2D eigenvalue weighted by Gasteiger charge is 2.30. The number of nitrogens with zero attached hydrogens (tertiary/aromatic N) is 3. The van der Waals surface area contributed by atoms with E-state index in [0.29, 0.717) is 11.8 Å². The number of carbonyl (C=O) groups is 1. The monoisotopic (exact) mass is 306 g/mol. The number of amides is 2. The van der Waals surface area contributed by atoms with E-state index in [4.69, 9.17) is 4.52 Å². The molecule has 2 fully saturated rings. The number of hydrogen-bond donors (Lipinski definition) is 1. The molecule has 122 valence electrons. The SMILES string of the molecule is CC(C)(C)NC(=O)N1CCCC(Cc2nc(C3CC3)no2)C1. The molecule has 6 nitrogen and oxygen atoms in total. The van der Waals surface area contributed by atoms with Crippen molar-refractivity contribution in [3.8, 4) is 0 Å². The highest BCUT2D eigenvalue weighted by molar-refractivity contribution is 5.75. The Labute approximate surface area is 131 Å². The minimum absolute atomic E-state index is 0.0291. The number of carbonyl (C=O) groups excluding carboxylic acids is 1. The largest absolute Gasteiger partial charge is 0.339 e. The summed E-state index contributed by atoms with van der Waals surface area (Å²) in [5, 5.41) is 7.10. The van der Waals surface area contributed by atoms with E-state index in [1.165, 1.54) is 12.8 Å². The van der Waals surface area contributed by atoms with E-state index in [1.54, 1.807) is 0 Å². The quantitative estimate of drug-likeness (QED) is 0.932. The van der Waals surface area contributed by atoms with Gasteiger partial charge >= 0.3 is 6.03 Å². The van der Waals surface area contributed by atoms with Crippen molar-refractivity contribution in [1.82, 2.24) is 20.4 Å². The third-order valence-corrected chi connectivity index (χ3v) is 4.18. The van der Waals surface area contributed by atoms with Gasteiger partial charge in [-0.05, 0) is 52.4 Å². The Bertz CT molecular complexity index is 530. The molecule has 1 saturated carbocycles. The van der Waals surface area contributed by atoms with E-state index < -0.39 is 0 Å². The summed E-state index contributed by atoms with van der Waals surface area (Å²) in [6.07, 6.45) is 5.29. The van der Waals surface area contributed by atoms with Gasteiger partial charge in [0.25, 0.3) is 0 Å². The summed E-state index contributed by atoms with van der Waals surface area (Å²) in [7, 11) is 0. The van der Waals surface area contributed by atoms with Crippen LogP contribution in [0.3, 0.4) is 0 Å². The second-order valence-electron chi connectivity index (χ2n) is 7.66. The first-order chi connectivity index (χ1) is 10.4. The molecule has 0 bridgehead atoms. The molecule has 1 saturated heterocycles. The molecule has 22 heavy (non-hydrogen) atoms. The first-order valence-electron chi connectivity index (χ1n) is 8.30. The molecule has 2 aliphatic rings. The maximum atomic E-state index is 12.3. The molecule has 0 spiro atoms. The van der Waals surface area contributed by atoms with E-state index in [-0.39, 0.29) is 11.6 Å². The van der Waals surface area contributed by atoms with Crippen molar-refractivity contribution in [3.63, 3.8) is 0 Å². The van der Waals surface area contributed by atoms with Crippen LogP contribution >= 0.6 is 0 Å². The van der Waals surface area contributed by atoms with Crippen LogP contribution < -0.4 is 5.32 Å². The minimum atomic E-state index is -0.199. The summed E-state index contributed by atoms with van der Waals surface area (Å²) < 4.78 is 5.36. The Morgan fingerprint density at radius 1 is 1.36 bits per heavy atom. The maximum absolute atomic E-state index is 12.3. The fourth-order valence-electron chi connectivity index (χ4n) is 2.92. The normalized spacial score (nSPS) is 22.7. The van der Waals surface area contributed by atoms with Gasteiger partial charge < -0.3 is 14.7 Å². The lowest BCUT2D eigenvalue weighted by molar-refractivity contribution is 0.155. The summed E-state index contributed by atoms with van der Waals surface area (Å²) >= 11 is 0. The van der Waals surface area contributed by atoms with E-state index in [0.717, 1.165) is 44.1 Å². The van der Waals surface area contributed by atoms with Gasteiger partial charge in [0.15, 0.2) is 5.82 Å². The Hall–Kier alpha value is -1.59. The van der Waals surface area contributed by atoms with Crippen LogP contribution in [0.15, 0.2) is 4.52 Å². The van der Waals surface area contributed by atoms with Crippen LogP contribution in [0.2, 0.25) is 0 Å². The van der Waals surface area contributed by atoms with Crippen molar-refractivity contribution in [2.45, 2.75) is 64.3 Å². The lowest BCUT2D eigenvalue weighted by Gasteiger charge is -2.34. The Balaban J connectivity index is 1.54. The molecular formula is C16H26N4O2. The molecule has 1 aromatic heterocycles. The molecule has 1 unspecified atom stereocenters. The standard InChI is InChI=1S/C16H26N4O2/c1-16(2,3)18-15(21)20-8-4-5-11(10-20)9-13-17-14(19-22-13)12-6-7-12/h11-12H,4-10H2,1-3H3,(H,18,21). The molecule has 0 aromatic carbocycles. The predicted molar refractivity (Wildman–Crippen MR) is 82.6 cm³/mol. The van der Waals surface area contributed by atoms with Crippen molar-refractivity contribution < 1.29 is 9.32 Å². The van der Waals surface area contributed by atoms with E-state index >= 15 is 0 Å². The molecule has 2 amide bonds. The van der Waals surface area contributed by atoms with Crippen molar-refractivity contribution in [3.05, 3.63) is 11.7 Å². The van der Waals surface area contributed by atoms with Crippen LogP contribution in [0.1, 0.15) is 64.1 Å². The van der Waals surface area contributed by atoms with Crippen LogP contribution in [-0.2, 0) is 6.42 Å². The average Bonchev–Trinajstić information content (AvgIpc) is 3.18. The second-order valence-corrected chi connectivity index (χ2v) is 7.66. The maximum Gasteiger partial charge on any atom is 0.317 e. The first kappa shape index (κ1) is 15.3. The third kappa shape index (κ3) is 3.99. The van der Waals surface area contributed by atoms with E-state index in [9.17, 15) is 4.79 Å². The highest BCUT2D eigenvalue weighted by atomic mass is 16.5. The topological polar surface area (TPSA) is 71.3 Å². The van der Waals surface area contributed by atoms with Gasteiger partial charge in [0.1, 0.15) is 0 Å². The fourth-order valence-corrected chi connectivity index (χ4v) is 2.92. The van der Waals surface area contributed by atoms with Gasteiger partial charge in [-0.15, -0.1) is 0 Å². The van der Waals surface area contributed by atoms with Gasteiger partial charge in [-0.3, -0.25) is 0 Å². The molecule has 1 aromatic rings. The van der Waals surface area contributed by atoms with Crippen LogP contribution in [-0.4, -0.2) is 39.7 Å². The highest BCUT2D eigenvalue weighted by Crippen LogP contribution is 2.38. The summed E-state index contributed by atoms with van der Waals surface area (Å²) in [6, 6.07) is 0.0291. The Kier molecular flexibility index (Phi) is 4.10. The molecule has 1 N–H and O–H groups in total. The van der Waals surface area contributed by atoms with Crippen molar-refractivity contribution in [2.75, 3.05) is 13.1 Å². The van der Waals surface area contributed by atoms with Crippen LogP contribution in [0.4, 0.5) is 4.79 Å². The fraction of sp³-hybridized carbons (Fsp3) is 0.812. The Morgan fingerprint density at radius 3 is 2.82 bits per heavy atom. The molecule has 1 atom stereocenters. The van der Waals surface area contributed by atoms with Crippen molar-refractivity contribution in [1.29, 1.82) is 0 Å². The second kappa shape index (κ2) is 5.89. The molecule has 2 heterocycles. The number of hydrogen-bond acceptors (Lipinski definition) is 4. The molecule has 1 aliphatic carbocycles. The summed E-state index contributed by atoms with van der Waals surface area (Å²) in [5.41, 5.74) is -0.199. The molecular weight excluding hydrogens is 280 g/mol. The number of nitrogens with one attached hydrogen (secondary N) is 1. The van der Waals surface area contributed by atoms with Crippen molar-refractivity contribution in [2.24, 2.45) is 5.92 Å². The van der Waals surface area contributed by atoms with E-state index in [2.05, 4.69) is 15.5 Å². The average molecular weight is 306 g/mol. The summed E-state index contributed by atoms with van der Waals surface area (Å²) in [5.74, 6) is 2.53. The molecule has 1 aliphatic heterocycles. The van der Waals surface area contributed by atoms with Gasteiger partial charge in [-0.1, -0.05) is 5.16 Å². The van der Waals surface area contributed by atoms with E-state index in [1.807, 2.05) is 25.7 Å². The van der Waals surface area contributed by atoms with Crippen LogP contribution in [0, 0.1) is 5.92 Å².